The van der Waals surface area contributed by atoms with Crippen LogP contribution in [-0.4, -0.2) is 71.0 Å². The van der Waals surface area contributed by atoms with Crippen LogP contribution >= 0.6 is 11.6 Å². The molecule has 0 spiro atoms. The van der Waals surface area contributed by atoms with Crippen molar-refractivity contribution < 1.29 is 39.2 Å². The second-order valence-electron chi connectivity index (χ2n) is 12.0. The molecule has 2 heterocycles. The van der Waals surface area contributed by atoms with Crippen molar-refractivity contribution in [1.82, 2.24) is 5.32 Å². The van der Waals surface area contributed by atoms with Gasteiger partial charge in [0.05, 0.1) is 10.7 Å². The third-order valence-corrected chi connectivity index (χ3v) is 9.82. The molecule has 2 fully saturated rings. The minimum Gasteiger partial charge on any atom is -0.454 e. The predicted molar refractivity (Wildman–Crippen MR) is 146 cm³/mol. The van der Waals surface area contributed by atoms with Gasteiger partial charge in [-0.05, 0) is 49.2 Å². The number of anilines is 1. The lowest BCUT2D eigenvalue weighted by molar-refractivity contribution is -0.226. The third-order valence-electron chi connectivity index (χ3n) is 9.51. The average molecular weight is 579 g/mol. The van der Waals surface area contributed by atoms with Crippen molar-refractivity contribution in [1.29, 1.82) is 0 Å². The minimum atomic E-state index is -1.56. The molecule has 1 saturated carbocycles. The molecule has 1 unspecified atom stereocenters. The molecule has 4 aliphatic rings. The molecule has 0 amide bonds. The summed E-state index contributed by atoms with van der Waals surface area (Å²) in [6.45, 7) is 6.88. The van der Waals surface area contributed by atoms with Crippen LogP contribution < -0.4 is 10.4 Å². The van der Waals surface area contributed by atoms with E-state index >= 15 is 0 Å². The Balaban J connectivity index is 1.47. The number of hydroxylamine groups is 1. The SMILES string of the molecule is CC(=O)O[C@@H]1C(C)=C[C@@H]2[C@H](C(C)CO)CC[C@@H](C)[C@]2(O)[C@H]1OC(=O)[C@@H]1C[C@@]2(O)c3cccc(Cl)c3N(C)O[C@H]2N1. The number of fused-ring (bicyclic) bond motifs is 4. The molecule has 0 aromatic heterocycles. The Morgan fingerprint density at radius 3 is 2.67 bits per heavy atom. The van der Waals surface area contributed by atoms with E-state index in [1.54, 1.807) is 32.2 Å². The highest BCUT2D eigenvalue weighted by molar-refractivity contribution is 6.33. The number of halogens is 1. The van der Waals surface area contributed by atoms with Crippen molar-refractivity contribution in [2.75, 3.05) is 18.7 Å². The zero-order valence-electron chi connectivity index (χ0n) is 23.5. The van der Waals surface area contributed by atoms with E-state index in [9.17, 15) is 24.9 Å². The van der Waals surface area contributed by atoms with Crippen LogP contribution in [0.2, 0.25) is 5.02 Å². The Bertz CT molecular complexity index is 1210. The van der Waals surface area contributed by atoms with Crippen molar-refractivity contribution in [2.45, 2.75) is 82.6 Å². The molecule has 40 heavy (non-hydrogen) atoms. The molecule has 0 radical (unpaired) electrons. The quantitative estimate of drug-likeness (QED) is 0.304. The van der Waals surface area contributed by atoms with Crippen LogP contribution in [-0.2, 0) is 29.5 Å². The fourth-order valence-corrected chi connectivity index (χ4v) is 7.59. The van der Waals surface area contributed by atoms with Crippen LogP contribution in [0.3, 0.4) is 0 Å². The minimum absolute atomic E-state index is 0.0394. The molecule has 220 valence electrons. The number of ether oxygens (including phenoxy) is 2. The van der Waals surface area contributed by atoms with E-state index in [1.807, 2.05) is 19.9 Å². The Morgan fingerprint density at radius 1 is 1.27 bits per heavy atom. The van der Waals surface area contributed by atoms with Crippen molar-refractivity contribution in [3.8, 4) is 0 Å². The molecular weight excluding hydrogens is 540 g/mol. The number of aliphatic hydroxyl groups is 3. The van der Waals surface area contributed by atoms with E-state index < -0.39 is 53.5 Å². The Hall–Kier alpha value is -2.21. The number of benzene rings is 1. The molecule has 4 N–H and O–H groups in total. The standard InChI is InChI=1S/C29H39ClN2O8/c1-14-11-20-18(15(2)13-33)10-9-16(3)29(20,37)25(24(14)38-17(4)34)39-26(35)22-12-28(36)19-7-6-8-21(30)23(19)32(5)40-27(28)31-22/h6-8,11,15-16,18,20,22,24-25,27,31,33,36-37H,9-10,12-13H2,1-5H3/t15?,16-,18+,20-,22+,24-,25+,27-,28-,29-/m1/s1. The van der Waals surface area contributed by atoms with E-state index in [1.165, 1.54) is 12.0 Å². The molecule has 1 aromatic rings. The van der Waals surface area contributed by atoms with Gasteiger partial charge in [0.2, 0.25) is 0 Å². The summed E-state index contributed by atoms with van der Waals surface area (Å²) < 4.78 is 11.8. The zero-order chi connectivity index (χ0) is 29.1. The second-order valence-corrected chi connectivity index (χ2v) is 12.4. The summed E-state index contributed by atoms with van der Waals surface area (Å²) in [5, 5.41) is 38.9. The number of carbonyl (C=O) groups excluding carboxylic acids is 2. The highest BCUT2D eigenvalue weighted by Gasteiger charge is 2.62. The maximum absolute atomic E-state index is 13.8. The molecule has 2 aliphatic carbocycles. The normalized spacial score (nSPS) is 39.4. The van der Waals surface area contributed by atoms with Gasteiger partial charge in [0.1, 0.15) is 17.2 Å². The first-order valence-electron chi connectivity index (χ1n) is 13.9. The predicted octanol–water partition coefficient (Wildman–Crippen LogP) is 2.42. The van der Waals surface area contributed by atoms with Gasteiger partial charge in [0.25, 0.3) is 0 Å². The molecule has 5 rings (SSSR count). The van der Waals surface area contributed by atoms with Gasteiger partial charge in [-0.15, -0.1) is 0 Å². The van der Waals surface area contributed by atoms with E-state index in [2.05, 4.69) is 5.32 Å². The van der Waals surface area contributed by atoms with Crippen LogP contribution in [0.4, 0.5) is 5.69 Å². The van der Waals surface area contributed by atoms with Gasteiger partial charge < -0.3 is 24.8 Å². The van der Waals surface area contributed by atoms with E-state index in [4.69, 9.17) is 25.9 Å². The summed E-state index contributed by atoms with van der Waals surface area (Å²) in [6.07, 6.45) is 0.187. The molecular formula is C29H39ClN2O8. The number of carbonyl (C=O) groups is 2. The number of hydrogen-bond donors (Lipinski definition) is 4. The number of para-hydroxylation sites is 1. The van der Waals surface area contributed by atoms with Crippen LogP contribution in [0.15, 0.2) is 29.8 Å². The topological polar surface area (TPSA) is 138 Å². The largest absolute Gasteiger partial charge is 0.454 e. The average Bonchev–Trinajstić information content (AvgIpc) is 3.25. The monoisotopic (exact) mass is 578 g/mol. The fourth-order valence-electron chi connectivity index (χ4n) is 7.30. The van der Waals surface area contributed by atoms with Crippen molar-refractivity contribution in [3.05, 3.63) is 40.4 Å². The van der Waals surface area contributed by atoms with Gasteiger partial charge in [-0.25, -0.2) is 0 Å². The second kappa shape index (κ2) is 10.6. The highest BCUT2D eigenvalue weighted by Crippen LogP contribution is 2.53. The van der Waals surface area contributed by atoms with Crippen LogP contribution in [0.1, 0.15) is 52.5 Å². The fraction of sp³-hybridized carbons (Fsp3) is 0.655. The maximum atomic E-state index is 13.8. The molecule has 1 saturated heterocycles. The van der Waals surface area contributed by atoms with E-state index in [0.29, 0.717) is 28.3 Å². The van der Waals surface area contributed by atoms with E-state index in [0.717, 1.165) is 6.42 Å². The summed E-state index contributed by atoms with van der Waals surface area (Å²) in [7, 11) is 1.67. The maximum Gasteiger partial charge on any atom is 0.323 e. The van der Waals surface area contributed by atoms with Gasteiger partial charge >= 0.3 is 11.9 Å². The summed E-state index contributed by atoms with van der Waals surface area (Å²) in [4.78, 5) is 31.8. The van der Waals surface area contributed by atoms with E-state index in [-0.39, 0.29) is 30.8 Å². The summed E-state index contributed by atoms with van der Waals surface area (Å²) in [6, 6.07) is 4.19. The number of aliphatic hydroxyl groups excluding tert-OH is 1. The first-order valence-corrected chi connectivity index (χ1v) is 14.3. The Morgan fingerprint density at radius 2 is 2.00 bits per heavy atom. The third kappa shape index (κ3) is 4.53. The van der Waals surface area contributed by atoms with Gasteiger partial charge in [-0.3, -0.25) is 24.8 Å². The number of nitrogens with zero attached hydrogens (tertiary/aromatic N) is 1. The van der Waals surface area contributed by atoms with Gasteiger partial charge in [-0.2, -0.15) is 0 Å². The molecule has 2 aliphatic heterocycles. The number of esters is 2. The lowest BCUT2D eigenvalue weighted by Gasteiger charge is -2.55. The number of rotatable bonds is 5. The van der Waals surface area contributed by atoms with Gasteiger partial charge in [-0.1, -0.05) is 43.7 Å². The summed E-state index contributed by atoms with van der Waals surface area (Å²) in [5.41, 5.74) is -1.39. The Kier molecular flexibility index (Phi) is 7.74. The first kappa shape index (κ1) is 29.3. The van der Waals surface area contributed by atoms with Crippen LogP contribution in [0.5, 0.6) is 0 Å². The van der Waals surface area contributed by atoms with Crippen molar-refractivity contribution in [3.63, 3.8) is 0 Å². The van der Waals surface area contributed by atoms with Crippen molar-refractivity contribution in [2.24, 2.45) is 23.7 Å². The van der Waals surface area contributed by atoms with Crippen molar-refractivity contribution >= 4 is 29.2 Å². The lowest BCUT2D eigenvalue weighted by atomic mass is 9.55. The summed E-state index contributed by atoms with van der Waals surface area (Å²) >= 11 is 6.39. The lowest BCUT2D eigenvalue weighted by Crippen LogP contribution is -2.66. The molecule has 10 atom stereocenters. The number of nitrogens with one attached hydrogen (secondary N) is 1. The van der Waals surface area contributed by atoms with Crippen LogP contribution in [0, 0.1) is 23.7 Å². The molecule has 0 bridgehead atoms. The first-order chi connectivity index (χ1) is 18.8. The zero-order valence-corrected chi connectivity index (χ0v) is 24.2. The smallest absolute Gasteiger partial charge is 0.323 e. The Labute approximate surface area is 239 Å². The molecule has 10 nitrogen and oxygen atoms in total. The van der Waals surface area contributed by atoms with Gasteiger partial charge in [0.15, 0.2) is 18.4 Å². The summed E-state index contributed by atoms with van der Waals surface area (Å²) in [5.74, 6) is -2.12. The molecule has 1 aromatic carbocycles. The van der Waals surface area contributed by atoms with Crippen LogP contribution in [0.25, 0.3) is 0 Å². The highest BCUT2D eigenvalue weighted by atomic mass is 35.5. The number of hydrogen-bond acceptors (Lipinski definition) is 10. The molecule has 11 heteroatoms. The van der Waals surface area contributed by atoms with Gasteiger partial charge in [0, 0.05) is 38.5 Å².